The average Bonchev–Trinajstić information content (AvgIpc) is 2.33. The molecule has 0 aliphatic carbocycles. The van der Waals surface area contributed by atoms with Crippen LogP contribution in [0.1, 0.15) is 38.8 Å². The molecular formula is C14H23N3. The van der Waals surface area contributed by atoms with Crippen LogP contribution in [0.5, 0.6) is 0 Å². The first kappa shape index (κ1) is 12.5. The minimum absolute atomic E-state index is 0.314. The van der Waals surface area contributed by atoms with Gasteiger partial charge in [0.25, 0.3) is 0 Å². The molecule has 1 fully saturated rings. The van der Waals surface area contributed by atoms with E-state index in [1.807, 2.05) is 18.5 Å². The van der Waals surface area contributed by atoms with E-state index < -0.39 is 0 Å². The Balaban J connectivity index is 2.00. The van der Waals surface area contributed by atoms with Gasteiger partial charge in [-0.2, -0.15) is 0 Å². The molecule has 2 atom stereocenters. The maximum Gasteiger partial charge on any atom is 0.0315 e. The first-order valence-electron chi connectivity index (χ1n) is 6.46. The Morgan fingerprint density at radius 1 is 1.53 bits per heavy atom. The second-order valence-corrected chi connectivity index (χ2v) is 5.68. The number of nitrogens with zero attached hydrogens (tertiary/aromatic N) is 1. The summed E-state index contributed by atoms with van der Waals surface area (Å²) in [7, 11) is 0. The minimum Gasteiger partial charge on any atom is -0.316 e. The molecule has 1 unspecified atom stereocenters. The lowest BCUT2D eigenvalue weighted by molar-refractivity contribution is 0.174. The van der Waals surface area contributed by atoms with Gasteiger partial charge in [0.15, 0.2) is 0 Å². The minimum atomic E-state index is 0.314. The molecule has 0 amide bonds. The summed E-state index contributed by atoms with van der Waals surface area (Å²) in [6.45, 7) is 9.07. The summed E-state index contributed by atoms with van der Waals surface area (Å²) in [4.78, 5) is 4.18. The Bertz CT molecular complexity index is 348. The van der Waals surface area contributed by atoms with E-state index in [9.17, 15) is 0 Å². The van der Waals surface area contributed by atoms with Gasteiger partial charge < -0.3 is 10.6 Å². The molecular weight excluding hydrogens is 210 g/mol. The lowest BCUT2D eigenvalue weighted by Gasteiger charge is -2.41. The van der Waals surface area contributed by atoms with Gasteiger partial charge in [-0.1, -0.05) is 19.9 Å². The van der Waals surface area contributed by atoms with Gasteiger partial charge in [0.1, 0.15) is 0 Å². The van der Waals surface area contributed by atoms with Crippen molar-refractivity contribution in [1.29, 1.82) is 0 Å². The van der Waals surface area contributed by atoms with E-state index in [2.05, 4.69) is 42.5 Å². The van der Waals surface area contributed by atoms with E-state index in [1.165, 1.54) is 12.0 Å². The highest BCUT2D eigenvalue weighted by molar-refractivity contribution is 5.13. The van der Waals surface area contributed by atoms with Gasteiger partial charge in [0.05, 0.1) is 0 Å². The Morgan fingerprint density at radius 2 is 2.35 bits per heavy atom. The van der Waals surface area contributed by atoms with Crippen molar-refractivity contribution in [2.75, 3.05) is 13.1 Å². The number of hydrogen-bond acceptors (Lipinski definition) is 3. The van der Waals surface area contributed by atoms with Gasteiger partial charge >= 0.3 is 0 Å². The molecule has 1 saturated heterocycles. The Kier molecular flexibility index (Phi) is 3.79. The fourth-order valence-electron chi connectivity index (χ4n) is 2.51. The summed E-state index contributed by atoms with van der Waals surface area (Å²) >= 11 is 0. The van der Waals surface area contributed by atoms with Crippen LogP contribution in [0.25, 0.3) is 0 Å². The Hall–Kier alpha value is -0.930. The molecule has 0 saturated carbocycles. The molecule has 2 rings (SSSR count). The van der Waals surface area contributed by atoms with Crippen LogP contribution in [0, 0.1) is 5.41 Å². The monoisotopic (exact) mass is 233 g/mol. The molecule has 0 spiro atoms. The third-order valence-corrected chi connectivity index (χ3v) is 3.77. The molecule has 0 aromatic carbocycles. The highest BCUT2D eigenvalue weighted by Gasteiger charge is 2.32. The largest absolute Gasteiger partial charge is 0.316 e. The van der Waals surface area contributed by atoms with Crippen LogP contribution in [0.15, 0.2) is 24.5 Å². The second-order valence-electron chi connectivity index (χ2n) is 5.68. The summed E-state index contributed by atoms with van der Waals surface area (Å²) < 4.78 is 0. The van der Waals surface area contributed by atoms with E-state index in [0.29, 0.717) is 17.5 Å². The van der Waals surface area contributed by atoms with Crippen LogP contribution in [0.4, 0.5) is 0 Å². The quantitative estimate of drug-likeness (QED) is 0.839. The van der Waals surface area contributed by atoms with Gasteiger partial charge in [0, 0.05) is 31.0 Å². The fourth-order valence-corrected chi connectivity index (χ4v) is 2.51. The van der Waals surface area contributed by atoms with Gasteiger partial charge in [-0.05, 0) is 36.9 Å². The highest BCUT2D eigenvalue weighted by Crippen LogP contribution is 2.27. The average molecular weight is 233 g/mol. The molecule has 2 heterocycles. The number of aromatic nitrogens is 1. The molecule has 2 N–H and O–H groups in total. The maximum atomic E-state index is 4.18. The SMILES string of the molecule is C[C@H](NC1CCNCC1(C)C)c1cccnc1. The lowest BCUT2D eigenvalue weighted by atomic mass is 9.79. The van der Waals surface area contributed by atoms with Crippen molar-refractivity contribution in [2.24, 2.45) is 5.41 Å². The zero-order valence-electron chi connectivity index (χ0n) is 11.0. The van der Waals surface area contributed by atoms with Crippen LogP contribution in [0.3, 0.4) is 0 Å². The van der Waals surface area contributed by atoms with Gasteiger partial charge in [-0.25, -0.2) is 0 Å². The standard InChI is InChI=1S/C14H23N3/c1-11(12-5-4-7-15-9-12)17-13-6-8-16-10-14(13,2)3/h4-5,7,9,11,13,16-17H,6,8,10H2,1-3H3/t11-,13?/m0/s1. The fraction of sp³-hybridized carbons (Fsp3) is 0.643. The molecule has 0 bridgehead atoms. The Labute approximate surface area is 104 Å². The van der Waals surface area contributed by atoms with Crippen molar-refractivity contribution < 1.29 is 0 Å². The van der Waals surface area contributed by atoms with Crippen LogP contribution >= 0.6 is 0 Å². The van der Waals surface area contributed by atoms with Crippen molar-refractivity contribution in [3.63, 3.8) is 0 Å². The summed E-state index contributed by atoms with van der Waals surface area (Å²) in [6, 6.07) is 5.07. The van der Waals surface area contributed by atoms with E-state index in [1.54, 1.807) is 0 Å². The molecule has 0 radical (unpaired) electrons. The van der Waals surface area contributed by atoms with E-state index >= 15 is 0 Å². The van der Waals surface area contributed by atoms with E-state index in [0.717, 1.165) is 13.1 Å². The summed E-state index contributed by atoms with van der Waals surface area (Å²) in [5, 5.41) is 7.21. The van der Waals surface area contributed by atoms with Crippen LogP contribution < -0.4 is 10.6 Å². The summed E-state index contributed by atoms with van der Waals surface area (Å²) in [6.07, 6.45) is 4.97. The molecule has 17 heavy (non-hydrogen) atoms. The highest BCUT2D eigenvalue weighted by atomic mass is 15.0. The summed E-state index contributed by atoms with van der Waals surface area (Å²) in [5.74, 6) is 0. The third kappa shape index (κ3) is 3.05. The smallest absolute Gasteiger partial charge is 0.0315 e. The normalized spacial score (nSPS) is 25.5. The first-order chi connectivity index (χ1) is 8.09. The number of pyridine rings is 1. The topological polar surface area (TPSA) is 37.0 Å². The zero-order valence-corrected chi connectivity index (χ0v) is 11.0. The predicted octanol–water partition coefficient (Wildman–Crippen LogP) is 2.12. The van der Waals surface area contributed by atoms with E-state index in [4.69, 9.17) is 0 Å². The van der Waals surface area contributed by atoms with Crippen molar-refractivity contribution in [3.8, 4) is 0 Å². The molecule has 94 valence electrons. The number of nitrogens with one attached hydrogen (secondary N) is 2. The van der Waals surface area contributed by atoms with Gasteiger partial charge in [-0.15, -0.1) is 0 Å². The molecule has 1 aliphatic heterocycles. The predicted molar refractivity (Wildman–Crippen MR) is 70.8 cm³/mol. The second kappa shape index (κ2) is 5.15. The van der Waals surface area contributed by atoms with Crippen molar-refractivity contribution >= 4 is 0 Å². The molecule has 1 aromatic rings. The van der Waals surface area contributed by atoms with Crippen LogP contribution in [0.2, 0.25) is 0 Å². The lowest BCUT2D eigenvalue weighted by Crippen LogP contribution is -2.53. The number of rotatable bonds is 3. The number of hydrogen-bond donors (Lipinski definition) is 2. The van der Waals surface area contributed by atoms with Crippen LogP contribution in [-0.2, 0) is 0 Å². The van der Waals surface area contributed by atoms with Crippen molar-refractivity contribution in [1.82, 2.24) is 15.6 Å². The number of piperidine rings is 1. The van der Waals surface area contributed by atoms with Gasteiger partial charge in [-0.3, -0.25) is 4.98 Å². The molecule has 1 aromatic heterocycles. The van der Waals surface area contributed by atoms with Crippen LogP contribution in [-0.4, -0.2) is 24.1 Å². The van der Waals surface area contributed by atoms with Gasteiger partial charge in [0.2, 0.25) is 0 Å². The van der Waals surface area contributed by atoms with Crippen molar-refractivity contribution in [3.05, 3.63) is 30.1 Å². The molecule has 3 heteroatoms. The van der Waals surface area contributed by atoms with Crippen molar-refractivity contribution in [2.45, 2.75) is 39.3 Å². The molecule has 3 nitrogen and oxygen atoms in total. The summed E-state index contributed by atoms with van der Waals surface area (Å²) in [5.41, 5.74) is 1.58. The Morgan fingerprint density at radius 3 is 3.00 bits per heavy atom. The third-order valence-electron chi connectivity index (χ3n) is 3.77. The first-order valence-corrected chi connectivity index (χ1v) is 6.46. The zero-order chi connectivity index (χ0) is 12.3. The molecule has 1 aliphatic rings. The van der Waals surface area contributed by atoms with E-state index in [-0.39, 0.29) is 0 Å². The maximum absolute atomic E-state index is 4.18.